The number of carbonyl (C=O) groups is 1. The standard InChI is InChI=1S/C12H21NO3/c1-4-16-9(14)11(5-10(2,3)6-11)12(15)7-13-8-12/h13,15H,4-8H2,1-3H3. The van der Waals surface area contributed by atoms with Crippen LogP contribution in [0.1, 0.15) is 33.6 Å². The summed E-state index contributed by atoms with van der Waals surface area (Å²) in [7, 11) is 0. The molecule has 2 rings (SSSR count). The largest absolute Gasteiger partial charge is 0.465 e. The van der Waals surface area contributed by atoms with Crippen LogP contribution in [-0.4, -0.2) is 36.4 Å². The van der Waals surface area contributed by atoms with Gasteiger partial charge in [0.1, 0.15) is 11.0 Å². The van der Waals surface area contributed by atoms with Gasteiger partial charge < -0.3 is 15.2 Å². The number of hydrogen-bond acceptors (Lipinski definition) is 4. The van der Waals surface area contributed by atoms with Crippen molar-refractivity contribution in [2.75, 3.05) is 19.7 Å². The molecule has 0 aromatic carbocycles. The van der Waals surface area contributed by atoms with Crippen molar-refractivity contribution >= 4 is 5.97 Å². The zero-order valence-electron chi connectivity index (χ0n) is 10.3. The van der Waals surface area contributed by atoms with Crippen LogP contribution in [0.25, 0.3) is 0 Å². The van der Waals surface area contributed by atoms with E-state index in [0.717, 1.165) is 12.8 Å². The van der Waals surface area contributed by atoms with Gasteiger partial charge in [0.05, 0.1) is 6.61 Å². The number of β-amino-alcohol motifs (C(OH)–C–C–N with tert-alkyl or cyclic N) is 1. The molecule has 1 saturated carbocycles. The molecule has 1 saturated heterocycles. The topological polar surface area (TPSA) is 58.6 Å². The van der Waals surface area contributed by atoms with Gasteiger partial charge >= 0.3 is 5.97 Å². The highest BCUT2D eigenvalue weighted by Crippen LogP contribution is 2.60. The van der Waals surface area contributed by atoms with Crippen LogP contribution >= 0.6 is 0 Å². The fourth-order valence-corrected chi connectivity index (χ4v) is 3.21. The van der Waals surface area contributed by atoms with Gasteiger partial charge in [-0.3, -0.25) is 4.79 Å². The first kappa shape index (κ1) is 11.9. The molecular weight excluding hydrogens is 206 g/mol. The maximum atomic E-state index is 12.1. The first-order valence-corrected chi connectivity index (χ1v) is 5.96. The summed E-state index contributed by atoms with van der Waals surface area (Å²) < 4.78 is 5.14. The summed E-state index contributed by atoms with van der Waals surface area (Å²) in [5.74, 6) is -0.224. The Morgan fingerprint density at radius 2 is 1.94 bits per heavy atom. The fourth-order valence-electron chi connectivity index (χ4n) is 3.21. The molecule has 4 nitrogen and oxygen atoms in total. The number of nitrogens with one attached hydrogen (secondary N) is 1. The molecule has 2 fully saturated rings. The first-order valence-electron chi connectivity index (χ1n) is 5.96. The normalized spacial score (nSPS) is 28.8. The quantitative estimate of drug-likeness (QED) is 0.696. The van der Waals surface area contributed by atoms with Gasteiger partial charge in [0, 0.05) is 13.1 Å². The van der Waals surface area contributed by atoms with Gasteiger partial charge in [0.2, 0.25) is 0 Å². The molecule has 0 spiro atoms. The predicted molar refractivity (Wildman–Crippen MR) is 59.9 cm³/mol. The Balaban J connectivity index is 2.19. The minimum Gasteiger partial charge on any atom is -0.465 e. The Labute approximate surface area is 96.4 Å². The van der Waals surface area contributed by atoms with E-state index in [9.17, 15) is 9.90 Å². The maximum Gasteiger partial charge on any atom is 0.315 e. The minimum absolute atomic E-state index is 0.137. The van der Waals surface area contributed by atoms with Crippen LogP contribution in [0.2, 0.25) is 0 Å². The maximum absolute atomic E-state index is 12.1. The molecule has 0 atom stereocenters. The highest BCUT2D eigenvalue weighted by molar-refractivity contribution is 5.80. The molecule has 0 unspecified atom stereocenters. The van der Waals surface area contributed by atoms with Gasteiger partial charge in [-0.1, -0.05) is 13.8 Å². The third-order valence-electron chi connectivity index (χ3n) is 3.95. The van der Waals surface area contributed by atoms with Gasteiger partial charge in [-0.15, -0.1) is 0 Å². The molecular formula is C12H21NO3. The van der Waals surface area contributed by atoms with Crippen LogP contribution in [0.5, 0.6) is 0 Å². The van der Waals surface area contributed by atoms with Crippen molar-refractivity contribution in [2.45, 2.75) is 39.2 Å². The van der Waals surface area contributed by atoms with Gasteiger partial charge in [0.25, 0.3) is 0 Å². The van der Waals surface area contributed by atoms with Crippen molar-refractivity contribution in [1.29, 1.82) is 0 Å². The molecule has 0 radical (unpaired) electrons. The second-order valence-electron chi connectivity index (χ2n) is 5.96. The Kier molecular flexibility index (Phi) is 2.55. The summed E-state index contributed by atoms with van der Waals surface area (Å²) in [5.41, 5.74) is -1.43. The third kappa shape index (κ3) is 1.47. The van der Waals surface area contributed by atoms with Crippen molar-refractivity contribution in [2.24, 2.45) is 10.8 Å². The summed E-state index contributed by atoms with van der Waals surface area (Å²) in [6.45, 7) is 7.44. The van der Waals surface area contributed by atoms with Crippen molar-refractivity contribution in [1.82, 2.24) is 5.32 Å². The van der Waals surface area contributed by atoms with E-state index < -0.39 is 11.0 Å². The van der Waals surface area contributed by atoms with Crippen molar-refractivity contribution in [3.63, 3.8) is 0 Å². The number of esters is 1. The predicted octanol–water partition coefficient (Wildman–Crippen LogP) is 0.690. The van der Waals surface area contributed by atoms with Gasteiger partial charge in [-0.05, 0) is 25.2 Å². The van der Waals surface area contributed by atoms with E-state index in [-0.39, 0.29) is 11.4 Å². The van der Waals surface area contributed by atoms with E-state index in [2.05, 4.69) is 19.2 Å². The van der Waals surface area contributed by atoms with E-state index in [4.69, 9.17) is 4.74 Å². The molecule has 2 aliphatic rings. The zero-order chi connectivity index (χ0) is 12.0. The molecule has 0 aromatic rings. The Morgan fingerprint density at radius 3 is 2.25 bits per heavy atom. The van der Waals surface area contributed by atoms with E-state index in [1.807, 2.05) is 0 Å². The van der Waals surface area contributed by atoms with E-state index in [1.165, 1.54) is 0 Å². The number of carbonyl (C=O) groups excluding carboxylic acids is 1. The molecule has 0 bridgehead atoms. The smallest absolute Gasteiger partial charge is 0.315 e. The van der Waals surface area contributed by atoms with Crippen molar-refractivity contribution < 1.29 is 14.6 Å². The molecule has 1 aliphatic carbocycles. The van der Waals surface area contributed by atoms with Crippen molar-refractivity contribution in [3.8, 4) is 0 Å². The highest BCUT2D eigenvalue weighted by Gasteiger charge is 2.67. The van der Waals surface area contributed by atoms with Crippen molar-refractivity contribution in [3.05, 3.63) is 0 Å². The average molecular weight is 227 g/mol. The Bertz CT molecular complexity index is 299. The monoisotopic (exact) mass is 227 g/mol. The molecule has 4 heteroatoms. The summed E-state index contributed by atoms with van der Waals surface area (Å²) >= 11 is 0. The van der Waals surface area contributed by atoms with Crippen LogP contribution in [0.15, 0.2) is 0 Å². The lowest BCUT2D eigenvalue weighted by Gasteiger charge is -2.61. The lowest BCUT2D eigenvalue weighted by atomic mass is 9.47. The molecule has 1 aliphatic heterocycles. The Morgan fingerprint density at radius 1 is 1.38 bits per heavy atom. The second kappa shape index (κ2) is 3.44. The Hall–Kier alpha value is -0.610. The lowest BCUT2D eigenvalue weighted by Crippen LogP contribution is -2.75. The molecule has 2 N–H and O–H groups in total. The second-order valence-corrected chi connectivity index (χ2v) is 5.96. The SMILES string of the molecule is CCOC(=O)C1(C2(O)CNC2)CC(C)(C)C1. The van der Waals surface area contributed by atoms with E-state index in [0.29, 0.717) is 19.7 Å². The molecule has 92 valence electrons. The summed E-state index contributed by atoms with van der Waals surface area (Å²) in [6, 6.07) is 0. The van der Waals surface area contributed by atoms with Gasteiger partial charge in [-0.2, -0.15) is 0 Å². The van der Waals surface area contributed by atoms with Crippen LogP contribution < -0.4 is 5.32 Å². The van der Waals surface area contributed by atoms with Crippen LogP contribution in [0.3, 0.4) is 0 Å². The number of ether oxygens (including phenoxy) is 1. The fraction of sp³-hybridized carbons (Fsp3) is 0.917. The van der Waals surface area contributed by atoms with E-state index >= 15 is 0 Å². The van der Waals surface area contributed by atoms with Crippen LogP contribution in [0, 0.1) is 10.8 Å². The minimum atomic E-state index is -0.894. The molecule has 0 aromatic heterocycles. The first-order chi connectivity index (χ1) is 7.35. The highest BCUT2D eigenvalue weighted by atomic mass is 16.5. The number of aliphatic hydroxyl groups is 1. The number of hydrogen-bond donors (Lipinski definition) is 2. The molecule has 0 amide bonds. The average Bonchev–Trinajstić information content (AvgIpc) is 2.10. The zero-order valence-corrected chi connectivity index (χ0v) is 10.3. The van der Waals surface area contributed by atoms with E-state index in [1.54, 1.807) is 6.92 Å². The number of rotatable bonds is 3. The molecule has 1 heterocycles. The summed E-state index contributed by atoms with van der Waals surface area (Å²) in [6.07, 6.45) is 1.44. The summed E-state index contributed by atoms with van der Waals surface area (Å²) in [4.78, 5) is 12.1. The van der Waals surface area contributed by atoms with Crippen LogP contribution in [0.4, 0.5) is 0 Å². The summed E-state index contributed by atoms with van der Waals surface area (Å²) in [5, 5.41) is 13.5. The molecule has 16 heavy (non-hydrogen) atoms. The third-order valence-corrected chi connectivity index (χ3v) is 3.95. The van der Waals surface area contributed by atoms with Gasteiger partial charge in [0.15, 0.2) is 0 Å². The lowest BCUT2D eigenvalue weighted by molar-refractivity contribution is -0.221. The van der Waals surface area contributed by atoms with Gasteiger partial charge in [-0.25, -0.2) is 0 Å². The van der Waals surface area contributed by atoms with Crippen LogP contribution in [-0.2, 0) is 9.53 Å².